The fourth-order valence-electron chi connectivity index (χ4n) is 2.92. The quantitative estimate of drug-likeness (QED) is 0.578. The van der Waals surface area contributed by atoms with Crippen molar-refractivity contribution < 1.29 is 9.32 Å². The van der Waals surface area contributed by atoms with E-state index in [4.69, 9.17) is 0 Å². The van der Waals surface area contributed by atoms with E-state index in [9.17, 15) is 14.1 Å². The summed E-state index contributed by atoms with van der Waals surface area (Å²) in [7, 11) is -1.86. The van der Waals surface area contributed by atoms with Crippen LogP contribution in [0.5, 0.6) is 5.88 Å². The largest absolute Gasteiger partial charge is 0.492 e. The Bertz CT molecular complexity index is 1190. The van der Waals surface area contributed by atoms with Gasteiger partial charge in [-0.15, -0.1) is 0 Å². The van der Waals surface area contributed by atoms with Crippen LogP contribution >= 0.6 is 0 Å². The second-order valence-corrected chi connectivity index (χ2v) is 7.43. The van der Waals surface area contributed by atoms with Gasteiger partial charge < -0.3 is 5.11 Å². The first-order valence-electron chi connectivity index (χ1n) is 8.60. The Balaban J connectivity index is 2.01. The Morgan fingerprint density at radius 2 is 1.32 bits per heavy atom. The van der Waals surface area contributed by atoms with Gasteiger partial charge in [-0.3, -0.25) is 9.36 Å². The highest BCUT2D eigenvalue weighted by Crippen LogP contribution is 2.26. The lowest BCUT2D eigenvalue weighted by atomic mass is 10.2. The molecule has 0 aliphatic rings. The van der Waals surface area contributed by atoms with Crippen LogP contribution in [-0.2, 0) is 10.8 Å². The second kappa shape index (κ2) is 7.62. The van der Waals surface area contributed by atoms with Crippen LogP contribution in [0.1, 0.15) is 0 Å². The minimum atomic E-state index is -1.86. The van der Waals surface area contributed by atoms with Gasteiger partial charge in [-0.2, -0.15) is 4.98 Å². The van der Waals surface area contributed by atoms with Gasteiger partial charge in [-0.25, -0.2) is 4.21 Å². The molecule has 1 unspecified atom stereocenters. The molecule has 0 aliphatic heterocycles. The molecule has 0 amide bonds. The Labute approximate surface area is 164 Å². The lowest BCUT2D eigenvalue weighted by Gasteiger charge is -2.15. The highest BCUT2D eigenvalue weighted by atomic mass is 32.2. The molecule has 0 aliphatic carbocycles. The molecule has 6 heteroatoms. The van der Waals surface area contributed by atoms with Crippen molar-refractivity contribution in [3.8, 4) is 23.0 Å². The molecular formula is C22H16N2O3S. The first-order valence-corrected chi connectivity index (χ1v) is 9.75. The van der Waals surface area contributed by atoms with Crippen LogP contribution in [0.25, 0.3) is 17.1 Å². The monoisotopic (exact) mass is 388 g/mol. The van der Waals surface area contributed by atoms with Crippen molar-refractivity contribution in [3.63, 3.8) is 0 Å². The van der Waals surface area contributed by atoms with E-state index < -0.39 is 22.2 Å². The Hall–Kier alpha value is -3.51. The zero-order valence-electron chi connectivity index (χ0n) is 14.7. The Morgan fingerprint density at radius 1 is 0.786 bits per heavy atom. The van der Waals surface area contributed by atoms with Crippen molar-refractivity contribution in [3.05, 3.63) is 101 Å². The molecule has 5 nitrogen and oxygen atoms in total. The molecule has 4 rings (SSSR count). The van der Waals surface area contributed by atoms with Crippen LogP contribution in [0.4, 0.5) is 0 Å². The molecule has 1 aromatic heterocycles. The molecule has 0 fully saturated rings. The summed E-state index contributed by atoms with van der Waals surface area (Å²) in [5.41, 5.74) is 0.667. The van der Waals surface area contributed by atoms with E-state index in [0.717, 1.165) is 0 Å². The number of nitrogens with zero attached hydrogens (tertiary/aromatic N) is 2. The Kier molecular flexibility index (Phi) is 4.87. The van der Waals surface area contributed by atoms with E-state index >= 15 is 0 Å². The third kappa shape index (κ3) is 3.25. The van der Waals surface area contributed by atoms with Gasteiger partial charge in [0.05, 0.1) is 16.5 Å². The van der Waals surface area contributed by atoms with Crippen LogP contribution in [0.2, 0.25) is 0 Å². The van der Waals surface area contributed by atoms with E-state index in [2.05, 4.69) is 4.98 Å². The smallest absolute Gasteiger partial charge is 0.278 e. The standard InChI is InChI=1S/C22H16N2O3S/c25-21-19(28(27)18-14-8-3-9-15-18)22(26)24(17-12-6-2-7-13-17)20(23-21)16-10-4-1-5-11-16/h1-15,25H. The van der Waals surface area contributed by atoms with E-state index in [1.165, 1.54) is 4.57 Å². The van der Waals surface area contributed by atoms with Crippen LogP contribution in [0.3, 0.4) is 0 Å². The molecule has 0 saturated carbocycles. The summed E-state index contributed by atoms with van der Waals surface area (Å²) >= 11 is 0. The second-order valence-electron chi connectivity index (χ2n) is 6.01. The zero-order chi connectivity index (χ0) is 19.5. The third-order valence-electron chi connectivity index (χ3n) is 4.21. The van der Waals surface area contributed by atoms with E-state index in [0.29, 0.717) is 16.1 Å². The summed E-state index contributed by atoms with van der Waals surface area (Å²) in [6.07, 6.45) is 0. The number of aromatic nitrogens is 2. The highest BCUT2D eigenvalue weighted by Gasteiger charge is 2.23. The van der Waals surface area contributed by atoms with Gasteiger partial charge in [0.25, 0.3) is 5.56 Å². The summed E-state index contributed by atoms with van der Waals surface area (Å²) < 4.78 is 14.4. The molecule has 1 heterocycles. The van der Waals surface area contributed by atoms with Crippen LogP contribution in [-0.4, -0.2) is 18.9 Å². The van der Waals surface area contributed by atoms with Gasteiger partial charge in [-0.05, 0) is 24.3 Å². The predicted octanol–water partition coefficient (Wildman–Crippen LogP) is 3.77. The summed E-state index contributed by atoms with van der Waals surface area (Å²) in [5, 5.41) is 10.5. The van der Waals surface area contributed by atoms with Crippen LogP contribution in [0.15, 0.2) is 106 Å². The summed E-state index contributed by atoms with van der Waals surface area (Å²) in [4.78, 5) is 17.8. The van der Waals surface area contributed by atoms with Crippen molar-refractivity contribution in [2.24, 2.45) is 0 Å². The first-order chi connectivity index (χ1) is 13.7. The summed E-state index contributed by atoms with van der Waals surface area (Å²) in [6.45, 7) is 0. The van der Waals surface area contributed by atoms with Crippen molar-refractivity contribution in [2.45, 2.75) is 9.79 Å². The van der Waals surface area contributed by atoms with Gasteiger partial charge in [0.1, 0.15) is 0 Å². The lowest BCUT2D eigenvalue weighted by molar-refractivity contribution is 0.433. The average molecular weight is 388 g/mol. The molecule has 3 aromatic carbocycles. The number of hydrogen-bond acceptors (Lipinski definition) is 4. The SMILES string of the molecule is O=c1c(S(=O)c2ccccc2)c(O)nc(-c2ccccc2)n1-c1ccccc1. The minimum absolute atomic E-state index is 0.241. The number of benzene rings is 3. The molecule has 0 saturated heterocycles. The minimum Gasteiger partial charge on any atom is -0.492 e. The zero-order valence-corrected chi connectivity index (χ0v) is 15.5. The van der Waals surface area contributed by atoms with E-state index in [-0.39, 0.29) is 10.7 Å². The van der Waals surface area contributed by atoms with Crippen LogP contribution in [0, 0.1) is 0 Å². The van der Waals surface area contributed by atoms with Crippen molar-refractivity contribution in [1.29, 1.82) is 0 Å². The summed E-state index contributed by atoms with van der Waals surface area (Å²) in [6, 6.07) is 26.6. The van der Waals surface area contributed by atoms with Crippen molar-refractivity contribution >= 4 is 10.8 Å². The van der Waals surface area contributed by atoms with Gasteiger partial charge in [0, 0.05) is 10.5 Å². The molecule has 0 bridgehead atoms. The maximum absolute atomic E-state index is 13.4. The first kappa shape index (κ1) is 17.9. The molecule has 1 N–H and O–H groups in total. The predicted molar refractivity (Wildman–Crippen MR) is 108 cm³/mol. The van der Waals surface area contributed by atoms with Crippen LogP contribution < -0.4 is 5.56 Å². The molecule has 1 atom stereocenters. The average Bonchev–Trinajstić information content (AvgIpc) is 2.75. The molecule has 4 aromatic rings. The highest BCUT2D eigenvalue weighted by molar-refractivity contribution is 7.85. The number of hydrogen-bond donors (Lipinski definition) is 1. The van der Waals surface area contributed by atoms with E-state index in [1.54, 1.807) is 66.7 Å². The molecule has 0 spiro atoms. The normalized spacial score (nSPS) is 11.9. The van der Waals surface area contributed by atoms with Gasteiger partial charge >= 0.3 is 0 Å². The van der Waals surface area contributed by atoms with Gasteiger partial charge in [-0.1, -0.05) is 66.7 Å². The van der Waals surface area contributed by atoms with E-state index in [1.807, 2.05) is 24.3 Å². The maximum atomic E-state index is 13.4. The summed E-state index contributed by atoms with van der Waals surface area (Å²) in [5.74, 6) is -0.249. The fraction of sp³-hybridized carbons (Fsp3) is 0. The van der Waals surface area contributed by atoms with Gasteiger partial charge in [0.2, 0.25) is 5.88 Å². The lowest BCUT2D eigenvalue weighted by Crippen LogP contribution is -2.26. The fourth-order valence-corrected chi connectivity index (χ4v) is 4.02. The Morgan fingerprint density at radius 3 is 1.93 bits per heavy atom. The van der Waals surface area contributed by atoms with Crippen molar-refractivity contribution in [1.82, 2.24) is 9.55 Å². The topological polar surface area (TPSA) is 72.2 Å². The molecule has 28 heavy (non-hydrogen) atoms. The maximum Gasteiger partial charge on any atom is 0.278 e. The molecular weight excluding hydrogens is 372 g/mol. The molecule has 0 radical (unpaired) electrons. The number of aromatic hydroxyl groups is 1. The number of para-hydroxylation sites is 1. The molecule has 138 valence electrons. The third-order valence-corrected chi connectivity index (χ3v) is 5.64. The van der Waals surface area contributed by atoms with Crippen molar-refractivity contribution in [2.75, 3.05) is 0 Å². The van der Waals surface area contributed by atoms with Gasteiger partial charge in [0.15, 0.2) is 10.7 Å². The number of rotatable bonds is 4.